The number of aryl methyl sites for hydroxylation is 1. The van der Waals surface area contributed by atoms with Gasteiger partial charge in [-0.15, -0.1) is 0 Å². The van der Waals surface area contributed by atoms with Gasteiger partial charge >= 0.3 is 0 Å². The lowest BCUT2D eigenvalue weighted by atomic mass is 10.00. The van der Waals surface area contributed by atoms with Gasteiger partial charge < -0.3 is 10.2 Å². The molecule has 5 heteroatoms. The molecule has 1 unspecified atom stereocenters. The second-order valence-electron chi connectivity index (χ2n) is 7.04. The van der Waals surface area contributed by atoms with Crippen LogP contribution >= 0.6 is 0 Å². The summed E-state index contributed by atoms with van der Waals surface area (Å²) in [5.74, 6) is 0.218. The SMILES string of the molecule is Cc1ccccc1CNC(=O)c1ccnc(C(=O)N2CCCC(C)C2)c1. The molecule has 0 bridgehead atoms. The summed E-state index contributed by atoms with van der Waals surface area (Å²) in [6.07, 6.45) is 3.70. The predicted molar refractivity (Wildman–Crippen MR) is 101 cm³/mol. The number of likely N-dealkylation sites (tertiary alicyclic amines) is 1. The number of carbonyl (C=O) groups is 2. The maximum Gasteiger partial charge on any atom is 0.272 e. The van der Waals surface area contributed by atoms with Crippen molar-refractivity contribution in [3.63, 3.8) is 0 Å². The van der Waals surface area contributed by atoms with Crippen LogP contribution in [0.25, 0.3) is 0 Å². The quantitative estimate of drug-likeness (QED) is 0.920. The van der Waals surface area contributed by atoms with Crippen LogP contribution in [0.1, 0.15) is 51.7 Å². The average molecular weight is 351 g/mol. The molecule has 5 nitrogen and oxygen atoms in total. The molecule has 1 aliphatic heterocycles. The van der Waals surface area contributed by atoms with Gasteiger partial charge in [0.15, 0.2) is 0 Å². The van der Waals surface area contributed by atoms with Gasteiger partial charge in [0, 0.05) is 31.4 Å². The monoisotopic (exact) mass is 351 g/mol. The van der Waals surface area contributed by atoms with Crippen LogP contribution in [0.15, 0.2) is 42.6 Å². The van der Waals surface area contributed by atoms with Gasteiger partial charge in [-0.2, -0.15) is 0 Å². The van der Waals surface area contributed by atoms with Crippen molar-refractivity contribution in [2.45, 2.75) is 33.2 Å². The molecule has 0 saturated carbocycles. The number of aromatic nitrogens is 1. The number of piperidine rings is 1. The van der Waals surface area contributed by atoms with Crippen molar-refractivity contribution >= 4 is 11.8 Å². The fourth-order valence-corrected chi connectivity index (χ4v) is 3.31. The Morgan fingerprint density at radius 2 is 2.08 bits per heavy atom. The first-order valence-corrected chi connectivity index (χ1v) is 9.12. The average Bonchev–Trinajstić information content (AvgIpc) is 2.66. The molecule has 3 rings (SSSR count). The number of nitrogens with zero attached hydrogens (tertiary/aromatic N) is 2. The Bertz CT molecular complexity index is 803. The molecule has 0 aliphatic carbocycles. The summed E-state index contributed by atoms with van der Waals surface area (Å²) < 4.78 is 0. The lowest BCUT2D eigenvalue weighted by Crippen LogP contribution is -2.39. The van der Waals surface area contributed by atoms with Crippen LogP contribution in [0.5, 0.6) is 0 Å². The Labute approximate surface area is 154 Å². The van der Waals surface area contributed by atoms with Crippen LogP contribution in [0, 0.1) is 12.8 Å². The summed E-state index contributed by atoms with van der Waals surface area (Å²) in [5, 5.41) is 2.92. The third-order valence-electron chi connectivity index (χ3n) is 4.89. The fraction of sp³-hybridized carbons (Fsp3) is 0.381. The van der Waals surface area contributed by atoms with Crippen LogP contribution in [0.2, 0.25) is 0 Å². The van der Waals surface area contributed by atoms with E-state index in [2.05, 4.69) is 17.2 Å². The number of pyridine rings is 1. The summed E-state index contributed by atoms with van der Waals surface area (Å²) in [5.41, 5.74) is 3.01. The smallest absolute Gasteiger partial charge is 0.272 e. The highest BCUT2D eigenvalue weighted by atomic mass is 16.2. The van der Waals surface area contributed by atoms with E-state index in [1.807, 2.05) is 36.1 Å². The van der Waals surface area contributed by atoms with Crippen molar-refractivity contribution in [2.24, 2.45) is 5.92 Å². The maximum absolute atomic E-state index is 12.7. The second kappa shape index (κ2) is 8.13. The van der Waals surface area contributed by atoms with E-state index in [-0.39, 0.29) is 11.8 Å². The van der Waals surface area contributed by atoms with Gasteiger partial charge in [-0.3, -0.25) is 14.6 Å². The molecule has 1 aromatic carbocycles. The third kappa shape index (κ3) is 4.28. The number of hydrogen-bond donors (Lipinski definition) is 1. The molecule has 0 spiro atoms. The minimum absolute atomic E-state index is 0.0925. The maximum atomic E-state index is 12.7. The zero-order chi connectivity index (χ0) is 18.5. The van der Waals surface area contributed by atoms with E-state index in [4.69, 9.17) is 0 Å². The largest absolute Gasteiger partial charge is 0.348 e. The van der Waals surface area contributed by atoms with Gasteiger partial charge in [0.1, 0.15) is 5.69 Å². The Hall–Kier alpha value is -2.69. The lowest BCUT2D eigenvalue weighted by Gasteiger charge is -2.30. The highest BCUT2D eigenvalue weighted by Gasteiger charge is 2.23. The summed E-state index contributed by atoms with van der Waals surface area (Å²) in [6.45, 7) is 6.14. The number of benzene rings is 1. The molecule has 26 heavy (non-hydrogen) atoms. The van der Waals surface area contributed by atoms with E-state index in [1.54, 1.807) is 12.1 Å². The molecule has 2 amide bonds. The van der Waals surface area contributed by atoms with Crippen LogP contribution in [-0.2, 0) is 6.54 Å². The lowest BCUT2D eigenvalue weighted by molar-refractivity contribution is 0.0677. The predicted octanol–water partition coefficient (Wildman–Crippen LogP) is 3.19. The van der Waals surface area contributed by atoms with Crippen LogP contribution < -0.4 is 5.32 Å². The molecular formula is C21H25N3O2. The molecule has 136 valence electrons. The van der Waals surface area contributed by atoms with E-state index in [0.29, 0.717) is 23.7 Å². The van der Waals surface area contributed by atoms with Crippen molar-refractivity contribution < 1.29 is 9.59 Å². The van der Waals surface area contributed by atoms with Gasteiger partial charge in [-0.25, -0.2) is 0 Å². The Morgan fingerprint density at radius 1 is 1.27 bits per heavy atom. The molecular weight excluding hydrogens is 326 g/mol. The van der Waals surface area contributed by atoms with Crippen molar-refractivity contribution in [1.29, 1.82) is 0 Å². The number of carbonyl (C=O) groups excluding carboxylic acids is 2. The molecule has 1 fully saturated rings. The first-order chi connectivity index (χ1) is 12.5. The first-order valence-electron chi connectivity index (χ1n) is 9.12. The summed E-state index contributed by atoms with van der Waals surface area (Å²) in [6, 6.07) is 11.2. The van der Waals surface area contributed by atoms with Crippen molar-refractivity contribution in [3.05, 3.63) is 65.0 Å². The van der Waals surface area contributed by atoms with Crippen LogP contribution in [0.4, 0.5) is 0 Å². The molecule has 2 heterocycles. The molecule has 1 N–H and O–H groups in total. The van der Waals surface area contributed by atoms with Gasteiger partial charge in [0.2, 0.25) is 0 Å². The minimum Gasteiger partial charge on any atom is -0.348 e. The van der Waals surface area contributed by atoms with E-state index >= 15 is 0 Å². The first kappa shape index (κ1) is 18.1. The Balaban J connectivity index is 1.67. The Morgan fingerprint density at radius 3 is 2.85 bits per heavy atom. The summed E-state index contributed by atoms with van der Waals surface area (Å²) >= 11 is 0. The van der Waals surface area contributed by atoms with E-state index < -0.39 is 0 Å². The number of rotatable bonds is 4. The molecule has 2 aromatic rings. The molecule has 0 radical (unpaired) electrons. The number of hydrogen-bond acceptors (Lipinski definition) is 3. The standard InChI is InChI=1S/C21H25N3O2/c1-15-6-5-11-24(14-15)21(26)19-12-17(9-10-22-19)20(25)23-13-18-8-4-3-7-16(18)2/h3-4,7-10,12,15H,5-6,11,13-14H2,1-2H3,(H,23,25). The highest BCUT2D eigenvalue weighted by molar-refractivity contribution is 5.98. The minimum atomic E-state index is -0.197. The van der Waals surface area contributed by atoms with Gasteiger partial charge in [-0.05, 0) is 48.9 Å². The number of nitrogens with one attached hydrogen (secondary N) is 1. The third-order valence-corrected chi connectivity index (χ3v) is 4.89. The summed E-state index contributed by atoms with van der Waals surface area (Å²) in [7, 11) is 0. The normalized spacial score (nSPS) is 17.0. The van der Waals surface area contributed by atoms with E-state index in [1.165, 1.54) is 6.20 Å². The Kier molecular flexibility index (Phi) is 5.66. The molecule has 1 saturated heterocycles. The zero-order valence-electron chi connectivity index (χ0n) is 15.4. The molecule has 1 atom stereocenters. The molecule has 1 aromatic heterocycles. The van der Waals surface area contributed by atoms with Crippen molar-refractivity contribution in [3.8, 4) is 0 Å². The van der Waals surface area contributed by atoms with Gasteiger partial charge in [0.25, 0.3) is 11.8 Å². The van der Waals surface area contributed by atoms with Crippen molar-refractivity contribution in [1.82, 2.24) is 15.2 Å². The zero-order valence-corrected chi connectivity index (χ0v) is 15.4. The molecule has 1 aliphatic rings. The van der Waals surface area contributed by atoms with Gasteiger partial charge in [-0.1, -0.05) is 31.2 Å². The van der Waals surface area contributed by atoms with E-state index in [9.17, 15) is 9.59 Å². The topological polar surface area (TPSA) is 62.3 Å². The fourth-order valence-electron chi connectivity index (χ4n) is 3.31. The second-order valence-corrected chi connectivity index (χ2v) is 7.04. The summed E-state index contributed by atoms with van der Waals surface area (Å²) in [4.78, 5) is 31.2. The van der Waals surface area contributed by atoms with Crippen LogP contribution in [0.3, 0.4) is 0 Å². The van der Waals surface area contributed by atoms with E-state index in [0.717, 1.165) is 37.1 Å². The van der Waals surface area contributed by atoms with Crippen molar-refractivity contribution in [2.75, 3.05) is 13.1 Å². The van der Waals surface area contributed by atoms with Gasteiger partial charge in [0.05, 0.1) is 0 Å². The number of amides is 2. The van der Waals surface area contributed by atoms with Crippen LogP contribution in [-0.4, -0.2) is 34.8 Å². The highest BCUT2D eigenvalue weighted by Crippen LogP contribution is 2.17.